The summed E-state index contributed by atoms with van der Waals surface area (Å²) in [7, 11) is 0. The molecule has 3 rings (SSSR count). The molecule has 0 bridgehead atoms. The Morgan fingerprint density at radius 2 is 1.80 bits per heavy atom. The molecule has 25 heavy (non-hydrogen) atoms. The SMILES string of the molecule is CC(C)(C)C(=O)Oc1ccc2c(c1)O/C(=C\c1ccc(Br)cc1)C2=O. The molecule has 0 fully saturated rings. The molecule has 1 aliphatic heterocycles. The van der Waals surface area contributed by atoms with Gasteiger partial charge in [-0.2, -0.15) is 0 Å². The van der Waals surface area contributed by atoms with Crippen LogP contribution in [0.25, 0.3) is 6.08 Å². The summed E-state index contributed by atoms with van der Waals surface area (Å²) in [4.78, 5) is 24.4. The number of fused-ring (bicyclic) bond motifs is 1. The topological polar surface area (TPSA) is 52.6 Å². The Bertz CT molecular complexity index is 874. The van der Waals surface area contributed by atoms with Gasteiger partial charge in [0.15, 0.2) is 5.76 Å². The predicted molar refractivity (Wildman–Crippen MR) is 98.6 cm³/mol. The lowest BCUT2D eigenvalue weighted by molar-refractivity contribution is -0.142. The first-order valence-corrected chi connectivity index (χ1v) is 8.59. The number of esters is 1. The number of carbonyl (C=O) groups is 2. The third-order valence-corrected chi connectivity index (χ3v) is 4.16. The largest absolute Gasteiger partial charge is 0.452 e. The van der Waals surface area contributed by atoms with Gasteiger partial charge in [-0.25, -0.2) is 0 Å². The minimum Gasteiger partial charge on any atom is -0.452 e. The Hall–Kier alpha value is -2.40. The molecule has 0 unspecified atom stereocenters. The fraction of sp³-hybridized carbons (Fsp3) is 0.200. The molecule has 0 spiro atoms. The van der Waals surface area contributed by atoms with Gasteiger partial charge in [0.2, 0.25) is 5.78 Å². The number of carbonyl (C=O) groups excluding carboxylic acids is 2. The molecule has 2 aromatic rings. The fourth-order valence-corrected chi connectivity index (χ4v) is 2.47. The predicted octanol–water partition coefficient (Wildman–Crippen LogP) is 5.02. The second-order valence-electron chi connectivity index (χ2n) is 6.79. The number of hydrogen-bond acceptors (Lipinski definition) is 4. The number of halogens is 1. The van der Waals surface area contributed by atoms with Crippen LogP contribution in [0.15, 0.2) is 52.7 Å². The van der Waals surface area contributed by atoms with E-state index in [1.54, 1.807) is 45.0 Å². The van der Waals surface area contributed by atoms with Crippen molar-refractivity contribution in [2.24, 2.45) is 5.41 Å². The van der Waals surface area contributed by atoms with E-state index in [1.807, 2.05) is 24.3 Å². The van der Waals surface area contributed by atoms with Crippen LogP contribution in [0, 0.1) is 5.41 Å². The van der Waals surface area contributed by atoms with E-state index in [2.05, 4.69) is 15.9 Å². The van der Waals surface area contributed by atoms with E-state index in [9.17, 15) is 9.59 Å². The summed E-state index contributed by atoms with van der Waals surface area (Å²) < 4.78 is 12.0. The van der Waals surface area contributed by atoms with Crippen LogP contribution >= 0.6 is 15.9 Å². The number of rotatable bonds is 2. The Morgan fingerprint density at radius 3 is 2.44 bits per heavy atom. The summed E-state index contributed by atoms with van der Waals surface area (Å²) in [6, 6.07) is 12.3. The number of allylic oxidation sites excluding steroid dienone is 1. The minimum atomic E-state index is -0.609. The van der Waals surface area contributed by atoms with E-state index in [-0.39, 0.29) is 17.5 Å². The highest BCUT2D eigenvalue weighted by Gasteiger charge is 2.29. The van der Waals surface area contributed by atoms with E-state index in [0.717, 1.165) is 10.0 Å². The van der Waals surface area contributed by atoms with Gasteiger partial charge in [-0.1, -0.05) is 28.1 Å². The van der Waals surface area contributed by atoms with Crippen LogP contribution < -0.4 is 9.47 Å². The van der Waals surface area contributed by atoms with Crippen molar-refractivity contribution in [2.75, 3.05) is 0 Å². The molecule has 4 nitrogen and oxygen atoms in total. The molecule has 128 valence electrons. The van der Waals surface area contributed by atoms with Crippen LogP contribution in [-0.4, -0.2) is 11.8 Å². The quantitative estimate of drug-likeness (QED) is 0.403. The van der Waals surface area contributed by atoms with E-state index >= 15 is 0 Å². The summed E-state index contributed by atoms with van der Waals surface area (Å²) in [6.07, 6.45) is 1.69. The van der Waals surface area contributed by atoms with Crippen LogP contribution in [0.2, 0.25) is 0 Å². The molecular formula is C20H17BrO4. The van der Waals surface area contributed by atoms with Gasteiger partial charge in [0.25, 0.3) is 0 Å². The normalized spacial score (nSPS) is 15.0. The average molecular weight is 401 g/mol. The fourth-order valence-electron chi connectivity index (χ4n) is 2.20. The molecule has 0 saturated heterocycles. The number of benzene rings is 2. The highest BCUT2D eigenvalue weighted by molar-refractivity contribution is 9.10. The summed E-state index contributed by atoms with van der Waals surface area (Å²) >= 11 is 3.37. The summed E-state index contributed by atoms with van der Waals surface area (Å²) in [5, 5.41) is 0. The van der Waals surface area contributed by atoms with Gasteiger partial charge in [-0.3, -0.25) is 9.59 Å². The van der Waals surface area contributed by atoms with E-state index < -0.39 is 5.41 Å². The number of hydrogen-bond donors (Lipinski definition) is 0. The van der Waals surface area contributed by atoms with Crippen molar-refractivity contribution in [3.63, 3.8) is 0 Å². The third-order valence-electron chi connectivity index (χ3n) is 3.63. The summed E-state index contributed by atoms with van der Waals surface area (Å²) in [6.45, 7) is 5.34. The average Bonchev–Trinajstić information content (AvgIpc) is 2.84. The lowest BCUT2D eigenvalue weighted by Crippen LogP contribution is -2.25. The van der Waals surface area contributed by atoms with Crippen molar-refractivity contribution < 1.29 is 19.1 Å². The standard InChI is InChI=1S/C20H17BrO4/c1-20(2,3)19(23)24-14-8-9-15-16(11-14)25-17(18(15)22)10-12-4-6-13(21)7-5-12/h4-11H,1-3H3/b17-10-. The third kappa shape index (κ3) is 3.82. The summed E-state index contributed by atoms with van der Waals surface area (Å²) in [5.74, 6) is 0.467. The van der Waals surface area contributed by atoms with Crippen molar-refractivity contribution in [1.82, 2.24) is 0 Å². The first kappa shape index (κ1) is 17.4. The van der Waals surface area contributed by atoms with Crippen LogP contribution in [0.1, 0.15) is 36.7 Å². The second-order valence-corrected chi connectivity index (χ2v) is 7.70. The first-order valence-electron chi connectivity index (χ1n) is 7.80. The molecule has 1 heterocycles. The molecule has 2 aromatic carbocycles. The zero-order chi connectivity index (χ0) is 18.2. The molecule has 0 aliphatic carbocycles. The maximum atomic E-state index is 12.5. The smallest absolute Gasteiger partial charge is 0.316 e. The van der Waals surface area contributed by atoms with Crippen molar-refractivity contribution in [3.05, 3.63) is 63.8 Å². The highest BCUT2D eigenvalue weighted by atomic mass is 79.9. The van der Waals surface area contributed by atoms with Gasteiger partial charge in [0, 0.05) is 10.5 Å². The Kier molecular flexibility index (Phi) is 4.52. The van der Waals surface area contributed by atoms with Crippen LogP contribution in [-0.2, 0) is 4.79 Å². The maximum absolute atomic E-state index is 12.5. The van der Waals surface area contributed by atoms with E-state index in [4.69, 9.17) is 9.47 Å². The van der Waals surface area contributed by atoms with Crippen LogP contribution in [0.3, 0.4) is 0 Å². The molecular weight excluding hydrogens is 384 g/mol. The number of Topliss-reactive ketones (excluding diaryl/α,β-unsaturated/α-hetero) is 1. The lowest BCUT2D eigenvalue weighted by Gasteiger charge is -2.16. The number of ketones is 1. The Morgan fingerprint density at radius 1 is 1.12 bits per heavy atom. The van der Waals surface area contributed by atoms with Crippen molar-refractivity contribution in [1.29, 1.82) is 0 Å². The zero-order valence-electron chi connectivity index (χ0n) is 14.1. The molecule has 5 heteroatoms. The minimum absolute atomic E-state index is 0.188. The highest BCUT2D eigenvalue weighted by Crippen LogP contribution is 2.35. The van der Waals surface area contributed by atoms with Gasteiger partial charge in [-0.15, -0.1) is 0 Å². The maximum Gasteiger partial charge on any atom is 0.316 e. The van der Waals surface area contributed by atoms with Gasteiger partial charge < -0.3 is 9.47 Å². The lowest BCUT2D eigenvalue weighted by atomic mass is 9.97. The number of ether oxygens (including phenoxy) is 2. The Balaban J connectivity index is 1.84. The monoisotopic (exact) mass is 400 g/mol. The molecule has 0 N–H and O–H groups in total. The van der Waals surface area contributed by atoms with E-state index in [1.165, 1.54) is 0 Å². The second kappa shape index (κ2) is 6.48. The van der Waals surface area contributed by atoms with Gasteiger partial charge >= 0.3 is 5.97 Å². The Labute approximate surface area is 154 Å². The van der Waals surface area contributed by atoms with Crippen LogP contribution in [0.4, 0.5) is 0 Å². The molecule has 0 aromatic heterocycles. The van der Waals surface area contributed by atoms with Gasteiger partial charge in [0.1, 0.15) is 11.5 Å². The van der Waals surface area contributed by atoms with Gasteiger partial charge in [-0.05, 0) is 56.7 Å². The first-order chi connectivity index (χ1) is 11.7. The van der Waals surface area contributed by atoms with Crippen LogP contribution in [0.5, 0.6) is 11.5 Å². The molecule has 0 atom stereocenters. The van der Waals surface area contributed by atoms with Crippen molar-refractivity contribution >= 4 is 33.8 Å². The van der Waals surface area contributed by atoms with Gasteiger partial charge in [0.05, 0.1) is 11.0 Å². The van der Waals surface area contributed by atoms with E-state index in [0.29, 0.717) is 17.1 Å². The molecule has 0 radical (unpaired) electrons. The van der Waals surface area contributed by atoms with Crippen molar-refractivity contribution in [3.8, 4) is 11.5 Å². The zero-order valence-corrected chi connectivity index (χ0v) is 15.7. The van der Waals surface area contributed by atoms with Crippen molar-refractivity contribution in [2.45, 2.75) is 20.8 Å². The summed E-state index contributed by atoms with van der Waals surface area (Å²) in [5.41, 5.74) is 0.708. The molecule has 1 aliphatic rings. The molecule has 0 saturated carbocycles. The molecule has 0 amide bonds.